The van der Waals surface area contributed by atoms with Crippen LogP contribution in [-0.4, -0.2) is 56.1 Å². The van der Waals surface area contributed by atoms with Gasteiger partial charge >= 0.3 is 5.97 Å². The Hall–Kier alpha value is -3.26. The van der Waals surface area contributed by atoms with Crippen molar-refractivity contribution in [1.29, 1.82) is 0 Å². The van der Waals surface area contributed by atoms with Crippen LogP contribution in [0.3, 0.4) is 0 Å². The van der Waals surface area contributed by atoms with E-state index in [1.807, 2.05) is 30.3 Å². The van der Waals surface area contributed by atoms with E-state index in [1.165, 1.54) is 30.2 Å². The van der Waals surface area contributed by atoms with E-state index in [9.17, 15) is 18.8 Å². The minimum Gasteiger partial charge on any atom is -0.454 e. The molecule has 0 spiro atoms. The zero-order valence-corrected chi connectivity index (χ0v) is 16.1. The first-order chi connectivity index (χ1) is 14.0. The molecule has 0 aliphatic heterocycles. The molecule has 0 aliphatic rings. The molecule has 0 saturated carbocycles. The van der Waals surface area contributed by atoms with E-state index in [0.29, 0.717) is 19.7 Å². The van der Waals surface area contributed by atoms with Gasteiger partial charge in [0.2, 0.25) is 0 Å². The molecule has 2 rings (SSSR count). The third kappa shape index (κ3) is 7.71. The average molecular weight is 402 g/mol. The normalized spacial score (nSPS) is 10.3. The molecule has 0 saturated heterocycles. The Balaban J connectivity index is 1.81. The van der Waals surface area contributed by atoms with Gasteiger partial charge < -0.3 is 19.7 Å². The fraction of sp³-hybridized carbons (Fsp3) is 0.286. The zero-order valence-electron chi connectivity index (χ0n) is 16.1. The van der Waals surface area contributed by atoms with Crippen LogP contribution in [0.25, 0.3) is 0 Å². The maximum atomic E-state index is 13.1. The van der Waals surface area contributed by atoms with Gasteiger partial charge in [-0.15, -0.1) is 0 Å². The maximum Gasteiger partial charge on any atom is 0.325 e. The number of nitrogens with zero attached hydrogens (tertiary/aromatic N) is 1. The lowest BCUT2D eigenvalue weighted by molar-refractivity contribution is -0.151. The Kier molecular flexibility index (Phi) is 8.78. The largest absolute Gasteiger partial charge is 0.454 e. The van der Waals surface area contributed by atoms with Crippen LogP contribution < -0.4 is 5.32 Å². The number of ether oxygens (including phenoxy) is 2. The van der Waals surface area contributed by atoms with Gasteiger partial charge in [0.05, 0.1) is 6.61 Å². The number of hydrogen-bond donors (Lipinski definition) is 1. The van der Waals surface area contributed by atoms with Crippen LogP contribution in [0.4, 0.5) is 4.39 Å². The summed E-state index contributed by atoms with van der Waals surface area (Å²) >= 11 is 0. The maximum absolute atomic E-state index is 13.1. The predicted molar refractivity (Wildman–Crippen MR) is 103 cm³/mol. The summed E-state index contributed by atoms with van der Waals surface area (Å²) in [5.74, 6) is -2.32. The molecule has 7 nitrogen and oxygen atoms in total. The number of hydrogen-bond acceptors (Lipinski definition) is 5. The second-order valence-corrected chi connectivity index (χ2v) is 6.15. The number of benzene rings is 2. The summed E-state index contributed by atoms with van der Waals surface area (Å²) in [5, 5.41) is 2.33. The molecule has 0 radical (unpaired) electrons. The average Bonchev–Trinajstić information content (AvgIpc) is 2.73. The Morgan fingerprint density at radius 3 is 2.52 bits per heavy atom. The topological polar surface area (TPSA) is 84.9 Å². The standard InChI is InChI=1S/C21H23FN2O5/c1-28-11-10-24(14-16-6-3-2-4-7-16)19(25)15-29-20(26)13-23-21(27)17-8-5-9-18(22)12-17/h2-9,12H,10-11,13-15H2,1H3,(H,23,27). The Bertz CT molecular complexity index is 829. The summed E-state index contributed by atoms with van der Waals surface area (Å²) in [6.07, 6.45) is 0. The summed E-state index contributed by atoms with van der Waals surface area (Å²) in [7, 11) is 1.53. The van der Waals surface area contributed by atoms with Crippen molar-refractivity contribution in [3.8, 4) is 0 Å². The van der Waals surface area contributed by atoms with E-state index in [0.717, 1.165) is 11.6 Å². The van der Waals surface area contributed by atoms with Crippen molar-refractivity contribution in [3.63, 3.8) is 0 Å². The first kappa shape index (κ1) is 22.0. The molecule has 2 amide bonds. The molecule has 0 bridgehead atoms. The van der Waals surface area contributed by atoms with Crippen molar-refractivity contribution in [1.82, 2.24) is 10.2 Å². The summed E-state index contributed by atoms with van der Waals surface area (Å²) in [4.78, 5) is 37.7. The highest BCUT2D eigenvalue weighted by Crippen LogP contribution is 2.05. The highest BCUT2D eigenvalue weighted by atomic mass is 19.1. The molecule has 1 N–H and O–H groups in total. The number of nitrogens with one attached hydrogen (secondary N) is 1. The lowest BCUT2D eigenvalue weighted by atomic mass is 10.2. The number of halogens is 1. The minimum atomic E-state index is -0.769. The van der Waals surface area contributed by atoms with Gasteiger partial charge in [0.25, 0.3) is 11.8 Å². The number of esters is 1. The molecule has 0 unspecified atom stereocenters. The van der Waals surface area contributed by atoms with E-state index in [-0.39, 0.29) is 11.5 Å². The molecule has 8 heteroatoms. The van der Waals surface area contributed by atoms with Crippen LogP contribution in [0, 0.1) is 5.82 Å². The smallest absolute Gasteiger partial charge is 0.325 e. The lowest BCUT2D eigenvalue weighted by Crippen LogP contribution is -2.38. The van der Waals surface area contributed by atoms with Gasteiger partial charge in [-0.3, -0.25) is 14.4 Å². The molecular weight excluding hydrogens is 379 g/mol. The van der Waals surface area contributed by atoms with Crippen molar-refractivity contribution in [2.45, 2.75) is 6.54 Å². The van der Waals surface area contributed by atoms with Crippen LogP contribution in [0.15, 0.2) is 54.6 Å². The van der Waals surface area contributed by atoms with Crippen molar-refractivity contribution in [2.75, 3.05) is 33.4 Å². The van der Waals surface area contributed by atoms with Crippen LogP contribution in [0.2, 0.25) is 0 Å². The highest BCUT2D eigenvalue weighted by molar-refractivity contribution is 5.96. The van der Waals surface area contributed by atoms with Gasteiger partial charge in [-0.1, -0.05) is 36.4 Å². The van der Waals surface area contributed by atoms with E-state index in [2.05, 4.69) is 5.32 Å². The lowest BCUT2D eigenvalue weighted by Gasteiger charge is -2.22. The van der Waals surface area contributed by atoms with Crippen LogP contribution in [-0.2, 0) is 25.6 Å². The second kappa shape index (κ2) is 11.6. The number of methoxy groups -OCH3 is 1. The summed E-state index contributed by atoms with van der Waals surface area (Å²) in [6.45, 7) is 0.162. The molecule has 0 atom stereocenters. The van der Waals surface area contributed by atoms with Crippen molar-refractivity contribution in [2.24, 2.45) is 0 Å². The van der Waals surface area contributed by atoms with Gasteiger partial charge in [-0.2, -0.15) is 0 Å². The molecule has 0 fully saturated rings. The second-order valence-electron chi connectivity index (χ2n) is 6.15. The third-order valence-corrected chi connectivity index (χ3v) is 3.97. The van der Waals surface area contributed by atoms with Crippen LogP contribution >= 0.6 is 0 Å². The van der Waals surface area contributed by atoms with E-state index in [4.69, 9.17) is 9.47 Å². The van der Waals surface area contributed by atoms with E-state index in [1.54, 1.807) is 0 Å². The zero-order chi connectivity index (χ0) is 21.1. The number of carbonyl (C=O) groups excluding carboxylic acids is 3. The van der Waals surface area contributed by atoms with Gasteiger partial charge in [0.15, 0.2) is 6.61 Å². The molecule has 0 heterocycles. The predicted octanol–water partition coefficient (Wildman–Crippen LogP) is 1.77. The van der Waals surface area contributed by atoms with Gasteiger partial charge in [-0.25, -0.2) is 4.39 Å². The number of rotatable bonds is 10. The minimum absolute atomic E-state index is 0.0856. The van der Waals surface area contributed by atoms with Crippen molar-refractivity contribution < 1.29 is 28.2 Å². The number of carbonyl (C=O) groups is 3. The highest BCUT2D eigenvalue weighted by Gasteiger charge is 2.17. The van der Waals surface area contributed by atoms with Crippen molar-refractivity contribution >= 4 is 17.8 Å². The first-order valence-corrected chi connectivity index (χ1v) is 8.99. The van der Waals surface area contributed by atoms with Crippen LogP contribution in [0.5, 0.6) is 0 Å². The molecule has 2 aromatic carbocycles. The molecule has 0 aromatic heterocycles. The van der Waals surface area contributed by atoms with Gasteiger partial charge in [0, 0.05) is 25.8 Å². The van der Waals surface area contributed by atoms with Gasteiger partial charge in [0.1, 0.15) is 12.4 Å². The van der Waals surface area contributed by atoms with Crippen LogP contribution in [0.1, 0.15) is 15.9 Å². The monoisotopic (exact) mass is 402 g/mol. The Labute approximate surface area is 168 Å². The Morgan fingerprint density at radius 1 is 1.07 bits per heavy atom. The summed E-state index contributed by atoms with van der Waals surface area (Å²) < 4.78 is 23.1. The molecular formula is C21H23FN2O5. The number of amides is 2. The van der Waals surface area contributed by atoms with E-state index >= 15 is 0 Å². The quantitative estimate of drug-likeness (QED) is 0.613. The van der Waals surface area contributed by atoms with Crippen molar-refractivity contribution in [3.05, 3.63) is 71.5 Å². The molecule has 2 aromatic rings. The van der Waals surface area contributed by atoms with Gasteiger partial charge in [-0.05, 0) is 23.8 Å². The molecule has 154 valence electrons. The fourth-order valence-electron chi connectivity index (χ4n) is 2.47. The van der Waals surface area contributed by atoms with E-state index < -0.39 is 30.8 Å². The first-order valence-electron chi connectivity index (χ1n) is 8.99. The summed E-state index contributed by atoms with van der Waals surface area (Å²) in [6, 6.07) is 14.5. The SMILES string of the molecule is COCCN(Cc1ccccc1)C(=O)COC(=O)CNC(=O)c1cccc(F)c1. The summed E-state index contributed by atoms with van der Waals surface area (Å²) in [5.41, 5.74) is 1.02. The fourth-order valence-corrected chi connectivity index (χ4v) is 2.47. The molecule has 29 heavy (non-hydrogen) atoms. The third-order valence-electron chi connectivity index (χ3n) is 3.97. The Morgan fingerprint density at radius 2 is 1.83 bits per heavy atom. The molecule has 0 aliphatic carbocycles.